The molecule has 55 heavy (non-hydrogen) atoms. The zero-order valence-electron chi connectivity index (χ0n) is 30.2. The van der Waals surface area contributed by atoms with Gasteiger partial charge in [0.05, 0.1) is 6.42 Å². The number of carbonyl (C=O) groups excluding carboxylic acids is 7. The van der Waals surface area contributed by atoms with Crippen LogP contribution in [0.15, 0.2) is 45.6 Å². The molecule has 19 heteroatoms. The Balaban J connectivity index is 1.99. The van der Waals surface area contributed by atoms with Crippen LogP contribution in [0.4, 0.5) is 0 Å². The van der Waals surface area contributed by atoms with Crippen molar-refractivity contribution in [2.24, 2.45) is 0 Å². The van der Waals surface area contributed by atoms with Crippen LogP contribution in [0.3, 0.4) is 0 Å². The molecule has 1 aliphatic heterocycles. The minimum Gasteiger partial charge on any atom is -0.463 e. The molecular formula is C36H35IO18. The first kappa shape index (κ1) is 42.2. The summed E-state index contributed by atoms with van der Waals surface area (Å²) in [5, 5.41) is -0.375. The maximum atomic E-state index is 14.6. The molecule has 0 N–H and O–H groups in total. The van der Waals surface area contributed by atoms with Crippen LogP contribution in [0, 0.1) is 0 Å². The summed E-state index contributed by atoms with van der Waals surface area (Å²) in [6, 6.07) is 7.84. The lowest BCUT2D eigenvalue weighted by atomic mass is 9.98. The van der Waals surface area contributed by atoms with Crippen molar-refractivity contribution in [1.82, 2.24) is 0 Å². The molecule has 0 spiro atoms. The lowest BCUT2D eigenvalue weighted by molar-refractivity contribution is -0.288. The van der Waals surface area contributed by atoms with E-state index in [1.54, 1.807) is 0 Å². The molecule has 0 bridgehead atoms. The molecule has 1 fully saturated rings. The third-order valence-electron chi connectivity index (χ3n) is 7.22. The number of esters is 7. The summed E-state index contributed by atoms with van der Waals surface area (Å²) in [6.07, 6.45) is -8.25. The van der Waals surface area contributed by atoms with Gasteiger partial charge < -0.3 is 47.0 Å². The Kier molecular flexibility index (Phi) is 14.3. The van der Waals surface area contributed by atoms with Gasteiger partial charge in [-0.25, -0.2) is 0 Å². The van der Waals surface area contributed by atoms with Crippen molar-refractivity contribution in [3.63, 3.8) is 0 Å². The van der Waals surface area contributed by atoms with Gasteiger partial charge in [0.2, 0.25) is 23.6 Å². The number of alkyl halides is 1. The summed E-state index contributed by atoms with van der Waals surface area (Å²) in [6.45, 7) is 5.91. The quantitative estimate of drug-likeness (QED) is 0.0786. The van der Waals surface area contributed by atoms with Crippen LogP contribution in [0.25, 0.3) is 22.3 Å². The molecule has 5 unspecified atom stereocenters. The zero-order chi connectivity index (χ0) is 40.6. The number of halogens is 1. The summed E-state index contributed by atoms with van der Waals surface area (Å²) in [5.74, 6) is -6.96. The van der Waals surface area contributed by atoms with Crippen molar-refractivity contribution in [1.29, 1.82) is 0 Å². The van der Waals surface area contributed by atoms with Crippen LogP contribution in [-0.4, -0.2) is 83.5 Å². The van der Waals surface area contributed by atoms with Gasteiger partial charge in [-0.3, -0.25) is 38.4 Å². The van der Waals surface area contributed by atoms with Gasteiger partial charge in [-0.1, -0.05) is 22.6 Å². The summed E-state index contributed by atoms with van der Waals surface area (Å²) in [5.41, 5.74) is -1.11. The van der Waals surface area contributed by atoms with Gasteiger partial charge in [-0.2, -0.15) is 0 Å². The normalized spacial score (nSPS) is 19.0. The molecule has 2 aromatic carbocycles. The number of benzene rings is 2. The second-order valence-corrected chi connectivity index (χ2v) is 12.8. The van der Waals surface area contributed by atoms with E-state index in [0.29, 0.717) is 4.43 Å². The van der Waals surface area contributed by atoms with E-state index in [1.165, 1.54) is 37.3 Å². The molecule has 1 saturated heterocycles. The van der Waals surface area contributed by atoms with E-state index in [2.05, 4.69) is 0 Å². The average molecular weight is 883 g/mol. The van der Waals surface area contributed by atoms with Crippen molar-refractivity contribution in [3.8, 4) is 34.3 Å². The van der Waals surface area contributed by atoms with Crippen LogP contribution >= 0.6 is 22.6 Å². The minimum absolute atomic E-state index is 0.0104. The fourth-order valence-electron chi connectivity index (χ4n) is 5.37. The number of carbonyl (C=O) groups is 7. The number of ether oxygens (including phenoxy) is 9. The van der Waals surface area contributed by atoms with E-state index < -0.39 is 96.0 Å². The second-order valence-electron chi connectivity index (χ2n) is 11.7. The van der Waals surface area contributed by atoms with Gasteiger partial charge in [0.25, 0.3) is 0 Å². The van der Waals surface area contributed by atoms with E-state index in [-0.39, 0.29) is 40.2 Å². The minimum atomic E-state index is -1.88. The third kappa shape index (κ3) is 11.2. The SMILES string of the molecule is CC(=O)Oc1ccc(-c2oc3cc(OC(C)=O)cc(OC(C)=O)c3c(=O)c2OC2OC(COC(=O)CCI)C(OC(C)=O)C(OC(C)=O)C2OC(C)=O)cc1. The van der Waals surface area contributed by atoms with Crippen LogP contribution in [0.5, 0.6) is 23.0 Å². The molecule has 1 aromatic heterocycles. The Labute approximate surface area is 325 Å². The highest BCUT2D eigenvalue weighted by Crippen LogP contribution is 2.39. The summed E-state index contributed by atoms with van der Waals surface area (Å²) in [4.78, 5) is 99.7. The molecule has 0 aliphatic carbocycles. The molecule has 1 aliphatic rings. The Bertz CT molecular complexity index is 2040. The lowest BCUT2D eigenvalue weighted by Crippen LogP contribution is -2.63. The van der Waals surface area contributed by atoms with E-state index >= 15 is 0 Å². The molecule has 5 atom stereocenters. The predicted molar refractivity (Wildman–Crippen MR) is 192 cm³/mol. The van der Waals surface area contributed by atoms with E-state index in [0.717, 1.165) is 40.7 Å². The third-order valence-corrected chi connectivity index (χ3v) is 7.76. The van der Waals surface area contributed by atoms with Crippen molar-refractivity contribution < 1.29 is 80.6 Å². The molecule has 2 heterocycles. The summed E-state index contributed by atoms with van der Waals surface area (Å²) < 4.78 is 56.3. The number of hydrogen-bond acceptors (Lipinski definition) is 18. The molecule has 0 amide bonds. The first-order chi connectivity index (χ1) is 26.0. The molecule has 18 nitrogen and oxygen atoms in total. The maximum absolute atomic E-state index is 14.6. The highest BCUT2D eigenvalue weighted by molar-refractivity contribution is 14.1. The Morgan fingerprint density at radius 1 is 0.691 bits per heavy atom. The molecule has 0 radical (unpaired) electrons. The van der Waals surface area contributed by atoms with Gasteiger partial charge in [-0.05, 0) is 24.3 Å². The van der Waals surface area contributed by atoms with Crippen molar-refractivity contribution in [2.45, 2.75) is 78.7 Å². The molecule has 3 aromatic rings. The Morgan fingerprint density at radius 2 is 1.25 bits per heavy atom. The monoisotopic (exact) mass is 882 g/mol. The lowest BCUT2D eigenvalue weighted by Gasteiger charge is -2.43. The van der Waals surface area contributed by atoms with Crippen LogP contribution in [0.2, 0.25) is 0 Å². The highest BCUT2D eigenvalue weighted by Gasteiger charge is 2.54. The van der Waals surface area contributed by atoms with Gasteiger partial charge in [-0.15, -0.1) is 0 Å². The van der Waals surface area contributed by atoms with Gasteiger partial charge in [0, 0.05) is 63.7 Å². The van der Waals surface area contributed by atoms with Crippen molar-refractivity contribution in [3.05, 3.63) is 46.6 Å². The Hall–Kier alpha value is -5.57. The second kappa shape index (κ2) is 18.7. The molecule has 4 rings (SSSR count). The highest BCUT2D eigenvalue weighted by atomic mass is 127. The van der Waals surface area contributed by atoms with Gasteiger partial charge in [0.1, 0.15) is 40.9 Å². The van der Waals surface area contributed by atoms with Crippen LogP contribution in [0.1, 0.15) is 48.0 Å². The first-order valence-corrected chi connectivity index (χ1v) is 17.9. The van der Waals surface area contributed by atoms with E-state index in [1.807, 2.05) is 22.6 Å². The maximum Gasteiger partial charge on any atom is 0.308 e. The van der Waals surface area contributed by atoms with E-state index in [9.17, 15) is 38.4 Å². The first-order valence-electron chi connectivity index (χ1n) is 16.3. The summed E-state index contributed by atoms with van der Waals surface area (Å²) >= 11 is 1.96. The van der Waals surface area contributed by atoms with Gasteiger partial charge in [0.15, 0.2) is 18.0 Å². The fraction of sp³-hybridized carbons (Fsp3) is 0.389. The standard InChI is InChI=1S/C36H35IO18/c1-16(38)47-23-9-7-22(8-10-23)31-33(30(45)29-25(49-18(3)40)13-24(48-17(2)39)14-26(29)53-31)55-36-35(52-21(6)43)34(51-20(5)42)32(50-19(4)41)27(54-36)15-46-28(44)11-12-37/h7-10,13-14,27,32,34-36H,11-12,15H2,1-6H3. The number of rotatable bonds is 13. The number of hydrogen-bond donors (Lipinski definition) is 0. The molecule has 0 saturated carbocycles. The van der Waals surface area contributed by atoms with Crippen molar-refractivity contribution >= 4 is 75.3 Å². The largest absolute Gasteiger partial charge is 0.463 e. The van der Waals surface area contributed by atoms with Crippen LogP contribution in [-0.2, 0) is 57.2 Å². The molecular weight excluding hydrogens is 847 g/mol. The zero-order valence-corrected chi connectivity index (χ0v) is 32.4. The Morgan fingerprint density at radius 3 is 1.82 bits per heavy atom. The number of fused-ring (bicyclic) bond motifs is 1. The molecule has 294 valence electrons. The average Bonchev–Trinajstić information content (AvgIpc) is 3.06. The van der Waals surface area contributed by atoms with Gasteiger partial charge >= 0.3 is 41.8 Å². The predicted octanol–water partition coefficient (Wildman–Crippen LogP) is 3.50. The van der Waals surface area contributed by atoms with E-state index in [4.69, 9.17) is 47.0 Å². The van der Waals surface area contributed by atoms with Crippen molar-refractivity contribution in [2.75, 3.05) is 11.0 Å². The van der Waals surface area contributed by atoms with Crippen LogP contribution < -0.4 is 24.4 Å². The smallest absolute Gasteiger partial charge is 0.308 e. The fourth-order valence-corrected chi connectivity index (χ4v) is 5.81. The summed E-state index contributed by atoms with van der Waals surface area (Å²) in [7, 11) is 0. The topological polar surface area (TPSA) is 233 Å².